The molecule has 2 heterocycles. The first-order chi connectivity index (χ1) is 7.88. The fraction of sp³-hybridized carbons (Fsp3) is 0.125. The van der Waals surface area contributed by atoms with Crippen molar-refractivity contribution in [1.82, 2.24) is 20.0 Å². The molecule has 17 heavy (non-hydrogen) atoms. The molecule has 0 aromatic carbocycles. The Morgan fingerprint density at radius 3 is 2.47 bits per heavy atom. The van der Waals surface area contributed by atoms with Gasteiger partial charge in [0.2, 0.25) is 0 Å². The van der Waals surface area contributed by atoms with Crippen LogP contribution in [0.2, 0.25) is 10.3 Å². The van der Waals surface area contributed by atoms with Crippen LogP contribution in [0.4, 0.5) is 13.2 Å². The van der Waals surface area contributed by atoms with Gasteiger partial charge in [0.05, 0.1) is 0 Å². The lowest BCUT2D eigenvalue weighted by molar-refractivity contribution is -0.141. The van der Waals surface area contributed by atoms with E-state index in [1.165, 1.54) is 6.07 Å². The predicted octanol–water partition coefficient (Wildman–Crippen LogP) is 2.99. The summed E-state index contributed by atoms with van der Waals surface area (Å²) in [7, 11) is 0. The second-order valence-electron chi connectivity index (χ2n) is 2.99. The molecule has 0 aliphatic heterocycles. The number of halogens is 5. The van der Waals surface area contributed by atoms with E-state index in [4.69, 9.17) is 23.2 Å². The number of alkyl halides is 3. The van der Waals surface area contributed by atoms with Gasteiger partial charge in [-0.1, -0.05) is 23.2 Å². The Balaban J connectivity index is 2.47. The van der Waals surface area contributed by atoms with Gasteiger partial charge in [-0.3, -0.25) is 0 Å². The van der Waals surface area contributed by atoms with Crippen LogP contribution < -0.4 is 0 Å². The molecule has 0 aliphatic carbocycles. The van der Waals surface area contributed by atoms with Crippen LogP contribution in [0, 0.1) is 0 Å². The predicted molar refractivity (Wildman–Crippen MR) is 54.2 cm³/mol. The van der Waals surface area contributed by atoms with Gasteiger partial charge >= 0.3 is 6.18 Å². The van der Waals surface area contributed by atoms with Crippen molar-refractivity contribution in [3.63, 3.8) is 0 Å². The SMILES string of the molecule is FC(F)(F)c1ccn(-c2cc(Cl)nnc2Cl)n1. The summed E-state index contributed by atoms with van der Waals surface area (Å²) in [5, 5.41) is 10.2. The van der Waals surface area contributed by atoms with Gasteiger partial charge < -0.3 is 0 Å². The van der Waals surface area contributed by atoms with E-state index >= 15 is 0 Å². The highest BCUT2D eigenvalue weighted by molar-refractivity contribution is 6.32. The topological polar surface area (TPSA) is 43.6 Å². The van der Waals surface area contributed by atoms with Crippen molar-refractivity contribution in [2.45, 2.75) is 6.18 Å². The molecular formula is C8H3Cl2F3N4. The molecule has 0 spiro atoms. The van der Waals surface area contributed by atoms with Gasteiger partial charge in [0.15, 0.2) is 16.0 Å². The summed E-state index contributed by atoms with van der Waals surface area (Å²) in [5.74, 6) is 0. The molecule has 0 fully saturated rings. The number of nitrogens with zero attached hydrogens (tertiary/aromatic N) is 4. The van der Waals surface area contributed by atoms with Crippen molar-refractivity contribution >= 4 is 23.2 Å². The summed E-state index contributed by atoms with van der Waals surface area (Å²) >= 11 is 11.2. The number of hydrogen-bond acceptors (Lipinski definition) is 3. The average molecular weight is 283 g/mol. The van der Waals surface area contributed by atoms with Crippen LogP contribution >= 0.6 is 23.2 Å². The van der Waals surface area contributed by atoms with Crippen molar-refractivity contribution in [1.29, 1.82) is 0 Å². The van der Waals surface area contributed by atoms with Crippen molar-refractivity contribution in [3.8, 4) is 5.69 Å². The Morgan fingerprint density at radius 1 is 1.18 bits per heavy atom. The summed E-state index contributed by atoms with van der Waals surface area (Å²) in [6.07, 6.45) is -3.40. The minimum absolute atomic E-state index is 0.00783. The summed E-state index contributed by atoms with van der Waals surface area (Å²) in [6.45, 7) is 0. The van der Waals surface area contributed by atoms with Crippen LogP contribution in [-0.4, -0.2) is 20.0 Å². The largest absolute Gasteiger partial charge is 0.435 e. The van der Waals surface area contributed by atoms with Crippen LogP contribution in [0.3, 0.4) is 0 Å². The molecule has 2 aromatic rings. The van der Waals surface area contributed by atoms with E-state index in [0.717, 1.165) is 16.9 Å². The van der Waals surface area contributed by atoms with Gasteiger partial charge in [0.1, 0.15) is 5.69 Å². The maximum absolute atomic E-state index is 12.3. The Labute approximate surface area is 103 Å². The molecule has 2 aromatic heterocycles. The number of hydrogen-bond donors (Lipinski definition) is 0. The van der Waals surface area contributed by atoms with Gasteiger partial charge in [0.25, 0.3) is 0 Å². The fourth-order valence-electron chi connectivity index (χ4n) is 1.11. The Morgan fingerprint density at radius 2 is 1.88 bits per heavy atom. The van der Waals surface area contributed by atoms with E-state index in [-0.39, 0.29) is 16.0 Å². The molecule has 0 bridgehead atoms. The lowest BCUT2D eigenvalue weighted by Gasteiger charge is -2.04. The molecule has 4 nitrogen and oxygen atoms in total. The standard InChI is InChI=1S/C8H3Cl2F3N4/c9-6-3-4(7(10)15-14-6)17-2-1-5(16-17)8(11,12)13/h1-3H. The Kier molecular flexibility index (Phi) is 2.96. The van der Waals surface area contributed by atoms with Crippen molar-refractivity contribution in [3.05, 3.63) is 34.3 Å². The van der Waals surface area contributed by atoms with Gasteiger partial charge in [-0.2, -0.15) is 18.3 Å². The number of rotatable bonds is 1. The first-order valence-electron chi connectivity index (χ1n) is 4.20. The first-order valence-corrected chi connectivity index (χ1v) is 4.95. The second-order valence-corrected chi connectivity index (χ2v) is 3.73. The molecule has 9 heteroatoms. The van der Waals surface area contributed by atoms with Crippen molar-refractivity contribution in [2.75, 3.05) is 0 Å². The van der Waals surface area contributed by atoms with E-state index in [0.29, 0.717) is 0 Å². The quantitative estimate of drug-likeness (QED) is 0.808. The van der Waals surface area contributed by atoms with E-state index in [1.807, 2.05) is 0 Å². The molecule has 0 amide bonds. The Hall–Kier alpha value is -1.34. The zero-order chi connectivity index (χ0) is 12.6. The third-order valence-electron chi connectivity index (χ3n) is 1.83. The van der Waals surface area contributed by atoms with Gasteiger partial charge in [-0.15, -0.1) is 10.2 Å². The molecule has 0 aliphatic rings. The minimum Gasteiger partial charge on any atom is -0.237 e. The molecule has 0 saturated heterocycles. The lowest BCUT2D eigenvalue weighted by atomic mass is 10.4. The molecule has 0 atom stereocenters. The highest BCUT2D eigenvalue weighted by Gasteiger charge is 2.33. The molecular weight excluding hydrogens is 280 g/mol. The number of aromatic nitrogens is 4. The molecule has 90 valence electrons. The van der Waals surface area contributed by atoms with Crippen LogP contribution in [0.15, 0.2) is 18.3 Å². The first kappa shape index (κ1) is 12.1. The maximum Gasteiger partial charge on any atom is 0.435 e. The third kappa shape index (κ3) is 2.50. The summed E-state index contributed by atoms with van der Waals surface area (Å²) in [4.78, 5) is 0. The highest BCUT2D eigenvalue weighted by Crippen LogP contribution is 2.28. The monoisotopic (exact) mass is 282 g/mol. The van der Waals surface area contributed by atoms with Gasteiger partial charge in [0, 0.05) is 12.3 Å². The zero-order valence-corrected chi connectivity index (χ0v) is 9.42. The summed E-state index contributed by atoms with van der Waals surface area (Å²) < 4.78 is 37.9. The second kappa shape index (κ2) is 4.15. The van der Waals surface area contributed by atoms with E-state index in [9.17, 15) is 13.2 Å². The third-order valence-corrected chi connectivity index (χ3v) is 2.28. The van der Waals surface area contributed by atoms with E-state index in [2.05, 4.69) is 15.3 Å². The van der Waals surface area contributed by atoms with Crippen LogP contribution in [0.25, 0.3) is 5.69 Å². The van der Waals surface area contributed by atoms with Crippen LogP contribution in [0.1, 0.15) is 5.69 Å². The van der Waals surface area contributed by atoms with Crippen LogP contribution in [0.5, 0.6) is 0 Å². The molecule has 0 saturated carbocycles. The fourth-order valence-corrected chi connectivity index (χ4v) is 1.43. The zero-order valence-electron chi connectivity index (χ0n) is 7.91. The molecule has 0 unspecified atom stereocenters. The van der Waals surface area contributed by atoms with Gasteiger partial charge in [-0.05, 0) is 6.07 Å². The molecule has 2 rings (SSSR count). The van der Waals surface area contributed by atoms with Crippen molar-refractivity contribution < 1.29 is 13.2 Å². The maximum atomic E-state index is 12.3. The smallest absolute Gasteiger partial charge is 0.237 e. The van der Waals surface area contributed by atoms with Gasteiger partial charge in [-0.25, -0.2) is 4.68 Å². The normalized spacial score (nSPS) is 11.8. The van der Waals surface area contributed by atoms with Crippen LogP contribution in [-0.2, 0) is 6.18 Å². The molecule has 0 N–H and O–H groups in total. The van der Waals surface area contributed by atoms with E-state index in [1.54, 1.807) is 0 Å². The lowest BCUT2D eigenvalue weighted by Crippen LogP contribution is -2.07. The average Bonchev–Trinajstić information content (AvgIpc) is 2.70. The minimum atomic E-state index is -4.51. The van der Waals surface area contributed by atoms with Crippen molar-refractivity contribution in [2.24, 2.45) is 0 Å². The summed E-state index contributed by atoms with van der Waals surface area (Å²) in [5.41, 5.74) is -0.899. The summed E-state index contributed by atoms with van der Waals surface area (Å²) in [6, 6.07) is 2.09. The molecule has 0 radical (unpaired) electrons. The van der Waals surface area contributed by atoms with E-state index < -0.39 is 11.9 Å². The Bertz CT molecular complexity index is 552. The highest BCUT2D eigenvalue weighted by atomic mass is 35.5.